The summed E-state index contributed by atoms with van der Waals surface area (Å²) in [4.78, 5) is 0. The molecule has 20 heavy (non-hydrogen) atoms. The monoisotopic (exact) mass is 282 g/mol. The molecule has 0 saturated carbocycles. The molecular weight excluding hydrogens is 240 g/mol. The van der Waals surface area contributed by atoms with E-state index in [4.69, 9.17) is 0 Å². The van der Waals surface area contributed by atoms with Crippen LogP contribution in [0, 0.1) is 29.6 Å². The van der Waals surface area contributed by atoms with E-state index in [1.165, 1.54) is 51.4 Å². The molecule has 0 heteroatoms. The molecule has 0 radical (unpaired) electrons. The van der Waals surface area contributed by atoms with Gasteiger partial charge in [0.15, 0.2) is 0 Å². The summed E-state index contributed by atoms with van der Waals surface area (Å²) in [6, 6.07) is 0. The predicted octanol–water partition coefficient (Wildman–Crippen LogP) is 7.33. The summed E-state index contributed by atoms with van der Waals surface area (Å²) in [6.07, 6.45) is 11.2. The quantitative estimate of drug-likeness (QED) is 0.329. The SMILES string of the molecule is CCCCCCC(C(C)CC)C(C(C)C)C(C)CCC. The Morgan fingerprint density at radius 1 is 0.650 bits per heavy atom. The van der Waals surface area contributed by atoms with Crippen LogP contribution in [0.25, 0.3) is 0 Å². The Morgan fingerprint density at radius 3 is 1.75 bits per heavy atom. The first-order valence-electron chi connectivity index (χ1n) is 9.49. The number of hydrogen-bond donors (Lipinski definition) is 0. The van der Waals surface area contributed by atoms with Crippen molar-refractivity contribution in [2.24, 2.45) is 29.6 Å². The van der Waals surface area contributed by atoms with Gasteiger partial charge in [-0.25, -0.2) is 0 Å². The molecule has 0 N–H and O–H groups in total. The molecule has 0 aromatic heterocycles. The van der Waals surface area contributed by atoms with Gasteiger partial charge in [0.2, 0.25) is 0 Å². The fourth-order valence-corrected chi connectivity index (χ4v) is 4.19. The van der Waals surface area contributed by atoms with E-state index in [1.807, 2.05) is 0 Å². The minimum atomic E-state index is 0.835. The van der Waals surface area contributed by atoms with Crippen LogP contribution in [-0.4, -0.2) is 0 Å². The van der Waals surface area contributed by atoms with Crippen molar-refractivity contribution in [3.05, 3.63) is 0 Å². The van der Waals surface area contributed by atoms with Crippen molar-refractivity contribution >= 4 is 0 Å². The van der Waals surface area contributed by atoms with E-state index >= 15 is 0 Å². The highest BCUT2D eigenvalue weighted by Gasteiger charge is 2.31. The highest BCUT2D eigenvalue weighted by atomic mass is 14.4. The van der Waals surface area contributed by atoms with Crippen molar-refractivity contribution in [3.8, 4) is 0 Å². The molecule has 0 rings (SSSR count). The van der Waals surface area contributed by atoms with E-state index in [0.29, 0.717) is 0 Å². The Bertz CT molecular complexity index is 206. The van der Waals surface area contributed by atoms with Crippen molar-refractivity contribution in [1.82, 2.24) is 0 Å². The van der Waals surface area contributed by atoms with Gasteiger partial charge < -0.3 is 0 Å². The third-order valence-electron chi connectivity index (χ3n) is 5.43. The molecule has 0 spiro atoms. The summed E-state index contributed by atoms with van der Waals surface area (Å²) in [7, 11) is 0. The third kappa shape index (κ3) is 7.14. The van der Waals surface area contributed by atoms with Crippen LogP contribution in [0.2, 0.25) is 0 Å². The van der Waals surface area contributed by atoms with Crippen LogP contribution in [0.4, 0.5) is 0 Å². The van der Waals surface area contributed by atoms with Gasteiger partial charge in [-0.05, 0) is 36.0 Å². The molecule has 0 heterocycles. The fourth-order valence-electron chi connectivity index (χ4n) is 4.19. The maximum absolute atomic E-state index is 2.51. The Morgan fingerprint density at radius 2 is 1.30 bits per heavy atom. The van der Waals surface area contributed by atoms with Gasteiger partial charge in [0.25, 0.3) is 0 Å². The second-order valence-corrected chi connectivity index (χ2v) is 7.49. The molecule has 0 saturated heterocycles. The normalized spacial score (nSPS) is 18.0. The summed E-state index contributed by atoms with van der Waals surface area (Å²) < 4.78 is 0. The van der Waals surface area contributed by atoms with E-state index in [1.54, 1.807) is 0 Å². The third-order valence-corrected chi connectivity index (χ3v) is 5.43. The second kappa shape index (κ2) is 11.6. The van der Waals surface area contributed by atoms with E-state index in [-0.39, 0.29) is 0 Å². The van der Waals surface area contributed by atoms with E-state index in [0.717, 1.165) is 29.6 Å². The molecule has 0 aliphatic rings. The van der Waals surface area contributed by atoms with Crippen LogP contribution in [0.1, 0.15) is 99.8 Å². The fraction of sp³-hybridized carbons (Fsp3) is 1.00. The number of rotatable bonds is 12. The first-order valence-corrected chi connectivity index (χ1v) is 9.49. The maximum Gasteiger partial charge on any atom is -0.0334 e. The lowest BCUT2D eigenvalue weighted by Crippen LogP contribution is -2.31. The summed E-state index contributed by atoms with van der Waals surface area (Å²) in [5.74, 6) is 4.49. The zero-order valence-corrected chi connectivity index (χ0v) is 15.5. The van der Waals surface area contributed by atoms with Gasteiger partial charge >= 0.3 is 0 Å². The minimum absolute atomic E-state index is 0.835. The Hall–Kier alpha value is 0. The Labute approximate surface area is 130 Å². The van der Waals surface area contributed by atoms with Gasteiger partial charge in [-0.2, -0.15) is 0 Å². The molecule has 0 amide bonds. The maximum atomic E-state index is 2.51. The molecule has 0 aliphatic carbocycles. The lowest BCUT2D eigenvalue weighted by atomic mass is 9.67. The molecule has 0 nitrogen and oxygen atoms in total. The van der Waals surface area contributed by atoms with Crippen LogP contribution in [0.5, 0.6) is 0 Å². The molecule has 4 unspecified atom stereocenters. The van der Waals surface area contributed by atoms with Gasteiger partial charge in [-0.3, -0.25) is 0 Å². The topological polar surface area (TPSA) is 0 Å². The van der Waals surface area contributed by atoms with Crippen LogP contribution >= 0.6 is 0 Å². The second-order valence-electron chi connectivity index (χ2n) is 7.49. The lowest BCUT2D eigenvalue weighted by molar-refractivity contribution is 0.109. The van der Waals surface area contributed by atoms with Crippen LogP contribution in [0.3, 0.4) is 0 Å². The Kier molecular flexibility index (Phi) is 11.6. The van der Waals surface area contributed by atoms with E-state index < -0.39 is 0 Å². The van der Waals surface area contributed by atoms with Crippen LogP contribution in [-0.2, 0) is 0 Å². The first-order chi connectivity index (χ1) is 9.49. The highest BCUT2D eigenvalue weighted by molar-refractivity contribution is 4.80. The standard InChI is InChI=1S/C20H42/c1-8-11-12-13-15-19(17(6)10-3)20(16(4)5)18(7)14-9-2/h16-20H,8-15H2,1-7H3. The Balaban J connectivity index is 4.74. The molecule has 4 atom stereocenters. The molecule has 0 aromatic carbocycles. The number of hydrogen-bond acceptors (Lipinski definition) is 0. The molecule has 0 aromatic rings. The largest absolute Gasteiger partial charge is 0.0654 e. The van der Waals surface area contributed by atoms with Crippen LogP contribution < -0.4 is 0 Å². The molecular formula is C20H42. The van der Waals surface area contributed by atoms with Gasteiger partial charge in [-0.1, -0.05) is 93.4 Å². The van der Waals surface area contributed by atoms with Gasteiger partial charge in [-0.15, -0.1) is 0 Å². The smallest absolute Gasteiger partial charge is 0.0334 e. The van der Waals surface area contributed by atoms with Gasteiger partial charge in [0, 0.05) is 0 Å². The van der Waals surface area contributed by atoms with Crippen molar-refractivity contribution in [2.45, 2.75) is 99.8 Å². The number of unbranched alkanes of at least 4 members (excludes halogenated alkanes) is 3. The van der Waals surface area contributed by atoms with Crippen LogP contribution in [0.15, 0.2) is 0 Å². The van der Waals surface area contributed by atoms with E-state index in [2.05, 4.69) is 48.5 Å². The van der Waals surface area contributed by atoms with Gasteiger partial charge in [0.05, 0.1) is 0 Å². The molecule has 122 valence electrons. The molecule has 0 fully saturated rings. The van der Waals surface area contributed by atoms with Crippen molar-refractivity contribution in [3.63, 3.8) is 0 Å². The van der Waals surface area contributed by atoms with Crippen molar-refractivity contribution in [1.29, 1.82) is 0 Å². The van der Waals surface area contributed by atoms with Gasteiger partial charge in [0.1, 0.15) is 0 Å². The first kappa shape index (κ1) is 20.0. The summed E-state index contributed by atoms with van der Waals surface area (Å²) >= 11 is 0. The van der Waals surface area contributed by atoms with E-state index in [9.17, 15) is 0 Å². The summed E-state index contributed by atoms with van der Waals surface area (Å²) in [5.41, 5.74) is 0. The van der Waals surface area contributed by atoms with Crippen molar-refractivity contribution in [2.75, 3.05) is 0 Å². The minimum Gasteiger partial charge on any atom is -0.0654 e. The lowest BCUT2D eigenvalue weighted by Gasteiger charge is -2.38. The molecule has 0 aliphatic heterocycles. The highest BCUT2D eigenvalue weighted by Crippen LogP contribution is 2.39. The predicted molar refractivity (Wildman–Crippen MR) is 94.1 cm³/mol. The van der Waals surface area contributed by atoms with Crippen molar-refractivity contribution < 1.29 is 0 Å². The summed E-state index contributed by atoms with van der Waals surface area (Å²) in [6.45, 7) is 17.0. The summed E-state index contributed by atoms with van der Waals surface area (Å²) in [5, 5.41) is 0. The average Bonchev–Trinajstić information content (AvgIpc) is 2.41. The average molecular weight is 283 g/mol. The zero-order valence-electron chi connectivity index (χ0n) is 15.5. The molecule has 0 bridgehead atoms. The zero-order chi connectivity index (χ0) is 15.5.